The zero-order valence-electron chi connectivity index (χ0n) is 11.1. The van der Waals surface area contributed by atoms with Gasteiger partial charge in [0, 0.05) is 24.8 Å². The minimum atomic E-state index is -0.371. The van der Waals surface area contributed by atoms with Crippen molar-refractivity contribution < 1.29 is 9.66 Å². The second-order valence-electron chi connectivity index (χ2n) is 4.51. The summed E-state index contributed by atoms with van der Waals surface area (Å²) in [5.74, 6) is 0.450. The lowest BCUT2D eigenvalue weighted by Gasteiger charge is -2.12. The van der Waals surface area contributed by atoms with Crippen molar-refractivity contribution in [1.82, 2.24) is 0 Å². The van der Waals surface area contributed by atoms with Crippen molar-refractivity contribution in [3.05, 3.63) is 33.9 Å². The van der Waals surface area contributed by atoms with Crippen molar-refractivity contribution in [2.75, 3.05) is 18.5 Å². The number of hydrogen-bond donors (Lipinski definition) is 1. The standard InChI is InChI=1S/C13H20N2O3/c1-4-14-13-11(9-18-8-10(2)3)6-5-7-12(13)15(16)17/h5-7,10,14H,4,8-9H2,1-3H3. The molecule has 18 heavy (non-hydrogen) atoms. The van der Waals surface area contributed by atoms with Gasteiger partial charge in [-0.2, -0.15) is 0 Å². The molecule has 1 aromatic rings. The molecular formula is C13H20N2O3. The van der Waals surface area contributed by atoms with E-state index in [2.05, 4.69) is 19.2 Å². The van der Waals surface area contributed by atoms with Crippen LogP contribution in [0.25, 0.3) is 0 Å². The first-order chi connectivity index (χ1) is 8.56. The van der Waals surface area contributed by atoms with Crippen molar-refractivity contribution in [2.24, 2.45) is 5.92 Å². The Morgan fingerprint density at radius 2 is 2.17 bits per heavy atom. The highest BCUT2D eigenvalue weighted by Gasteiger charge is 2.16. The van der Waals surface area contributed by atoms with E-state index in [1.807, 2.05) is 13.0 Å². The molecule has 0 aliphatic rings. The van der Waals surface area contributed by atoms with Gasteiger partial charge >= 0.3 is 0 Å². The molecule has 0 aliphatic heterocycles. The summed E-state index contributed by atoms with van der Waals surface area (Å²) in [6, 6.07) is 5.04. The van der Waals surface area contributed by atoms with Crippen LogP contribution in [0, 0.1) is 16.0 Å². The third-order valence-corrected chi connectivity index (χ3v) is 2.39. The van der Waals surface area contributed by atoms with Crippen LogP contribution in [0.4, 0.5) is 11.4 Å². The summed E-state index contributed by atoms with van der Waals surface area (Å²) in [7, 11) is 0. The Hall–Kier alpha value is -1.62. The summed E-state index contributed by atoms with van der Waals surface area (Å²) in [6.45, 7) is 7.73. The molecule has 100 valence electrons. The van der Waals surface area contributed by atoms with Gasteiger partial charge in [-0.1, -0.05) is 26.0 Å². The molecule has 5 nitrogen and oxygen atoms in total. The molecule has 5 heteroatoms. The van der Waals surface area contributed by atoms with E-state index in [4.69, 9.17) is 4.74 Å². The number of nitro groups is 1. The Morgan fingerprint density at radius 3 is 2.72 bits per heavy atom. The Balaban J connectivity index is 2.88. The summed E-state index contributed by atoms with van der Waals surface area (Å²) < 4.78 is 5.54. The molecule has 0 radical (unpaired) electrons. The predicted molar refractivity (Wildman–Crippen MR) is 71.8 cm³/mol. The minimum absolute atomic E-state index is 0.0995. The molecule has 0 heterocycles. The number of benzene rings is 1. The monoisotopic (exact) mass is 252 g/mol. The Morgan fingerprint density at radius 1 is 1.44 bits per heavy atom. The van der Waals surface area contributed by atoms with Crippen LogP contribution >= 0.6 is 0 Å². The second-order valence-corrected chi connectivity index (χ2v) is 4.51. The van der Waals surface area contributed by atoms with E-state index < -0.39 is 0 Å². The summed E-state index contributed by atoms with van der Waals surface area (Å²) >= 11 is 0. The molecule has 0 saturated carbocycles. The van der Waals surface area contributed by atoms with Crippen molar-refractivity contribution >= 4 is 11.4 Å². The Kier molecular flexibility index (Phi) is 5.58. The third-order valence-electron chi connectivity index (χ3n) is 2.39. The molecule has 1 N–H and O–H groups in total. The Labute approximate surface area is 107 Å². The maximum atomic E-state index is 11.0. The number of nitrogens with zero attached hydrogens (tertiary/aromatic N) is 1. The topological polar surface area (TPSA) is 64.4 Å². The first kappa shape index (κ1) is 14.4. The zero-order chi connectivity index (χ0) is 13.5. The van der Waals surface area contributed by atoms with Gasteiger partial charge < -0.3 is 10.1 Å². The van der Waals surface area contributed by atoms with Crippen molar-refractivity contribution in [3.63, 3.8) is 0 Å². The highest BCUT2D eigenvalue weighted by Crippen LogP contribution is 2.28. The number of nitro benzene ring substituents is 1. The number of nitrogens with one attached hydrogen (secondary N) is 1. The molecular weight excluding hydrogens is 232 g/mol. The van der Waals surface area contributed by atoms with Gasteiger partial charge in [-0.3, -0.25) is 10.1 Å². The molecule has 0 amide bonds. The highest BCUT2D eigenvalue weighted by atomic mass is 16.6. The van der Waals surface area contributed by atoms with E-state index in [1.165, 1.54) is 6.07 Å². The highest BCUT2D eigenvalue weighted by molar-refractivity contribution is 5.66. The first-order valence-electron chi connectivity index (χ1n) is 6.14. The second kappa shape index (κ2) is 6.96. The van der Waals surface area contributed by atoms with Gasteiger partial charge in [-0.15, -0.1) is 0 Å². The van der Waals surface area contributed by atoms with E-state index in [0.29, 0.717) is 31.4 Å². The molecule has 0 fully saturated rings. The number of hydrogen-bond acceptors (Lipinski definition) is 4. The van der Waals surface area contributed by atoms with Gasteiger partial charge in [0.05, 0.1) is 11.5 Å². The summed E-state index contributed by atoms with van der Waals surface area (Å²) in [5, 5.41) is 14.0. The van der Waals surface area contributed by atoms with Crippen molar-refractivity contribution in [3.8, 4) is 0 Å². The molecule has 0 aliphatic carbocycles. The number of ether oxygens (including phenoxy) is 1. The quantitative estimate of drug-likeness (QED) is 0.598. The van der Waals surface area contributed by atoms with Crippen LogP contribution in [0.2, 0.25) is 0 Å². The fourth-order valence-electron chi connectivity index (χ4n) is 1.64. The van der Waals surface area contributed by atoms with Crippen LogP contribution in [0.5, 0.6) is 0 Å². The summed E-state index contributed by atoms with van der Waals surface area (Å²) in [5.41, 5.74) is 1.49. The molecule has 0 saturated heterocycles. The normalized spacial score (nSPS) is 10.7. The molecule has 1 rings (SSSR count). The van der Waals surface area contributed by atoms with Crippen molar-refractivity contribution in [1.29, 1.82) is 0 Å². The maximum Gasteiger partial charge on any atom is 0.292 e. The minimum Gasteiger partial charge on any atom is -0.379 e. The molecule has 0 bridgehead atoms. The Bertz CT molecular complexity index is 405. The van der Waals surface area contributed by atoms with Crippen molar-refractivity contribution in [2.45, 2.75) is 27.4 Å². The largest absolute Gasteiger partial charge is 0.379 e. The fourth-order valence-corrected chi connectivity index (χ4v) is 1.64. The van der Waals surface area contributed by atoms with E-state index in [1.54, 1.807) is 6.07 Å². The van der Waals surface area contributed by atoms with Gasteiger partial charge in [-0.25, -0.2) is 0 Å². The van der Waals surface area contributed by atoms with E-state index in [0.717, 1.165) is 5.56 Å². The number of anilines is 1. The lowest BCUT2D eigenvalue weighted by Crippen LogP contribution is -2.07. The fraction of sp³-hybridized carbons (Fsp3) is 0.538. The summed E-state index contributed by atoms with van der Waals surface area (Å²) in [4.78, 5) is 10.6. The van der Waals surface area contributed by atoms with Gasteiger partial charge in [-0.05, 0) is 12.8 Å². The first-order valence-corrected chi connectivity index (χ1v) is 6.14. The predicted octanol–water partition coefficient (Wildman–Crippen LogP) is 3.20. The zero-order valence-corrected chi connectivity index (χ0v) is 11.1. The van der Waals surface area contributed by atoms with E-state index >= 15 is 0 Å². The number of rotatable bonds is 7. The average molecular weight is 252 g/mol. The molecule has 0 aromatic heterocycles. The SMILES string of the molecule is CCNc1c(COCC(C)C)cccc1[N+](=O)[O-]. The van der Waals surface area contributed by atoms with Crippen LogP contribution in [0.15, 0.2) is 18.2 Å². The van der Waals surface area contributed by atoms with Gasteiger partial charge in [0.15, 0.2) is 0 Å². The van der Waals surface area contributed by atoms with Crippen LogP contribution in [-0.2, 0) is 11.3 Å². The van der Waals surface area contributed by atoms with Gasteiger partial charge in [0.1, 0.15) is 5.69 Å². The van der Waals surface area contributed by atoms with Crippen LogP contribution in [-0.4, -0.2) is 18.1 Å². The molecule has 0 atom stereocenters. The average Bonchev–Trinajstić information content (AvgIpc) is 2.30. The lowest BCUT2D eigenvalue weighted by atomic mass is 10.1. The third kappa shape index (κ3) is 4.00. The van der Waals surface area contributed by atoms with E-state index in [-0.39, 0.29) is 10.6 Å². The maximum absolute atomic E-state index is 11.0. The molecule has 1 aromatic carbocycles. The number of para-hydroxylation sites is 1. The lowest BCUT2D eigenvalue weighted by molar-refractivity contribution is -0.384. The van der Waals surface area contributed by atoms with Gasteiger partial charge in [0.25, 0.3) is 5.69 Å². The van der Waals surface area contributed by atoms with Gasteiger partial charge in [0.2, 0.25) is 0 Å². The van der Waals surface area contributed by atoms with Crippen LogP contribution in [0.1, 0.15) is 26.3 Å². The van der Waals surface area contributed by atoms with Crippen LogP contribution < -0.4 is 5.32 Å². The van der Waals surface area contributed by atoms with Crippen LogP contribution in [0.3, 0.4) is 0 Å². The van der Waals surface area contributed by atoms with E-state index in [9.17, 15) is 10.1 Å². The summed E-state index contributed by atoms with van der Waals surface area (Å²) in [6.07, 6.45) is 0. The smallest absolute Gasteiger partial charge is 0.292 e. The molecule has 0 unspecified atom stereocenters. The molecule has 0 spiro atoms.